The normalized spacial score (nSPS) is 14.8. The number of hydrogen-bond acceptors (Lipinski definition) is 7. The van der Waals surface area contributed by atoms with Crippen LogP contribution < -0.4 is 9.47 Å². The molecule has 1 fully saturated rings. The molecule has 0 saturated carbocycles. The van der Waals surface area contributed by atoms with Gasteiger partial charge in [-0.25, -0.2) is 4.39 Å². The van der Waals surface area contributed by atoms with Crippen LogP contribution in [-0.4, -0.2) is 41.8 Å². The van der Waals surface area contributed by atoms with Crippen molar-refractivity contribution in [3.63, 3.8) is 0 Å². The maximum atomic E-state index is 13.4. The zero-order valence-corrected chi connectivity index (χ0v) is 21.1. The van der Waals surface area contributed by atoms with Crippen molar-refractivity contribution in [3.8, 4) is 11.5 Å². The monoisotopic (exact) mass is 585 g/mol. The molecule has 1 aliphatic heterocycles. The Bertz CT molecular complexity index is 1120. The van der Waals surface area contributed by atoms with E-state index in [0.717, 1.165) is 16.7 Å². The van der Waals surface area contributed by atoms with Gasteiger partial charge in [-0.15, -0.1) is 0 Å². The number of hydrogen-bond donors (Lipinski definition) is 0. The molecular formula is C23H21FINO6S. The molecule has 33 heavy (non-hydrogen) atoms. The van der Waals surface area contributed by atoms with Gasteiger partial charge in [0.1, 0.15) is 19.0 Å². The molecule has 1 saturated heterocycles. The molecule has 3 rings (SSSR count). The maximum absolute atomic E-state index is 13.4. The van der Waals surface area contributed by atoms with Crippen molar-refractivity contribution in [1.29, 1.82) is 0 Å². The van der Waals surface area contributed by atoms with Gasteiger partial charge in [0, 0.05) is 0 Å². The zero-order chi connectivity index (χ0) is 24.1. The second kappa shape index (κ2) is 11.0. The lowest BCUT2D eigenvalue weighted by molar-refractivity contribution is -0.149. The van der Waals surface area contributed by atoms with Crippen molar-refractivity contribution in [2.75, 3.05) is 13.7 Å². The molecule has 0 aliphatic carbocycles. The molecule has 0 aromatic heterocycles. The number of imide groups is 1. The SMILES string of the molecule is COc1cc(/C=C2/SC(=O)N(CC(=O)OC(C)C)C2=O)cc(I)c1OCc1cccc(F)c1. The van der Waals surface area contributed by atoms with E-state index in [1.165, 1.54) is 19.2 Å². The summed E-state index contributed by atoms with van der Waals surface area (Å²) in [6, 6.07) is 9.55. The Labute approximate surface area is 208 Å². The molecule has 1 heterocycles. The van der Waals surface area contributed by atoms with Crippen molar-refractivity contribution in [2.45, 2.75) is 26.6 Å². The van der Waals surface area contributed by atoms with Crippen molar-refractivity contribution < 1.29 is 33.0 Å². The summed E-state index contributed by atoms with van der Waals surface area (Å²) in [6.45, 7) is 3.08. The number of carbonyl (C=O) groups excluding carboxylic acids is 3. The number of methoxy groups -OCH3 is 1. The van der Waals surface area contributed by atoms with Crippen molar-refractivity contribution in [3.05, 3.63) is 61.8 Å². The minimum Gasteiger partial charge on any atom is -0.493 e. The van der Waals surface area contributed by atoms with E-state index in [9.17, 15) is 18.8 Å². The Hall–Kier alpha value is -2.60. The predicted molar refractivity (Wildman–Crippen MR) is 130 cm³/mol. The molecule has 174 valence electrons. The van der Waals surface area contributed by atoms with Gasteiger partial charge in [-0.05, 0) is 89.7 Å². The van der Waals surface area contributed by atoms with Crippen LogP contribution in [0.3, 0.4) is 0 Å². The van der Waals surface area contributed by atoms with Gasteiger partial charge in [0.25, 0.3) is 11.1 Å². The number of nitrogens with zero attached hydrogens (tertiary/aromatic N) is 1. The van der Waals surface area contributed by atoms with Crippen LogP contribution in [0.25, 0.3) is 6.08 Å². The molecule has 2 aromatic carbocycles. The van der Waals surface area contributed by atoms with Crippen LogP contribution in [0.5, 0.6) is 11.5 Å². The van der Waals surface area contributed by atoms with Gasteiger partial charge in [0.15, 0.2) is 11.5 Å². The summed E-state index contributed by atoms with van der Waals surface area (Å²) in [7, 11) is 1.48. The topological polar surface area (TPSA) is 82.1 Å². The summed E-state index contributed by atoms with van der Waals surface area (Å²) in [5.74, 6) is -0.663. The van der Waals surface area contributed by atoms with Crippen LogP contribution >= 0.6 is 34.4 Å². The minimum atomic E-state index is -0.649. The van der Waals surface area contributed by atoms with E-state index < -0.39 is 23.7 Å². The van der Waals surface area contributed by atoms with Crippen molar-refractivity contribution in [2.24, 2.45) is 0 Å². The molecule has 7 nitrogen and oxygen atoms in total. The third kappa shape index (κ3) is 6.47. The Morgan fingerprint density at radius 1 is 1.24 bits per heavy atom. The number of thioether (sulfide) groups is 1. The van der Waals surface area contributed by atoms with E-state index in [-0.39, 0.29) is 23.4 Å². The summed E-state index contributed by atoms with van der Waals surface area (Å²) in [4.78, 5) is 37.8. The second-order valence-corrected chi connectivity index (χ2v) is 9.41. The standard InChI is InChI=1S/C23H21FINO6S/c1-13(2)32-20(27)11-26-22(28)19(33-23(26)29)10-15-8-17(25)21(18(9-15)30-3)31-12-14-5-4-6-16(24)7-14/h4-10,13H,11-12H2,1-3H3/b19-10+. The van der Waals surface area contributed by atoms with E-state index in [2.05, 4.69) is 22.6 Å². The minimum absolute atomic E-state index is 0.148. The Morgan fingerprint density at radius 2 is 2.00 bits per heavy atom. The van der Waals surface area contributed by atoms with Gasteiger partial charge in [-0.2, -0.15) is 0 Å². The van der Waals surface area contributed by atoms with Gasteiger partial charge in [-0.1, -0.05) is 12.1 Å². The van der Waals surface area contributed by atoms with Gasteiger partial charge in [-0.3, -0.25) is 19.3 Å². The van der Waals surface area contributed by atoms with Crippen LogP contribution in [0.4, 0.5) is 9.18 Å². The molecule has 0 N–H and O–H groups in total. The highest BCUT2D eigenvalue weighted by Crippen LogP contribution is 2.37. The molecule has 10 heteroatoms. The average molecular weight is 585 g/mol. The van der Waals surface area contributed by atoms with E-state index in [1.807, 2.05) is 0 Å². The van der Waals surface area contributed by atoms with Crippen LogP contribution in [0, 0.1) is 9.39 Å². The highest BCUT2D eigenvalue weighted by Gasteiger charge is 2.36. The Kier molecular flexibility index (Phi) is 8.35. The van der Waals surface area contributed by atoms with Crippen LogP contribution in [-0.2, 0) is 20.9 Å². The number of amides is 2. The van der Waals surface area contributed by atoms with Crippen molar-refractivity contribution in [1.82, 2.24) is 4.90 Å². The first kappa shape index (κ1) is 25.0. The fourth-order valence-electron chi connectivity index (χ4n) is 2.96. The van der Waals surface area contributed by atoms with E-state index in [4.69, 9.17) is 14.2 Å². The summed E-state index contributed by atoms with van der Waals surface area (Å²) in [6.07, 6.45) is 1.21. The van der Waals surface area contributed by atoms with Gasteiger partial charge in [0.2, 0.25) is 0 Å². The van der Waals surface area contributed by atoms with E-state index in [0.29, 0.717) is 26.2 Å². The number of esters is 1. The van der Waals surface area contributed by atoms with Gasteiger partial charge >= 0.3 is 5.97 Å². The van der Waals surface area contributed by atoms with Crippen LogP contribution in [0.2, 0.25) is 0 Å². The van der Waals surface area contributed by atoms with Crippen molar-refractivity contribution >= 4 is 57.5 Å². The summed E-state index contributed by atoms with van der Waals surface area (Å²) in [5, 5.41) is -0.538. The first-order chi connectivity index (χ1) is 15.7. The molecule has 0 spiro atoms. The molecule has 0 bridgehead atoms. The molecule has 2 aromatic rings. The Balaban J connectivity index is 1.78. The molecular weight excluding hydrogens is 564 g/mol. The first-order valence-electron chi connectivity index (χ1n) is 9.87. The quantitative estimate of drug-likeness (QED) is 0.245. The number of rotatable bonds is 8. The smallest absolute Gasteiger partial charge is 0.326 e. The Morgan fingerprint density at radius 3 is 2.67 bits per heavy atom. The fourth-order valence-corrected chi connectivity index (χ4v) is 4.58. The number of ether oxygens (including phenoxy) is 3. The van der Waals surface area contributed by atoms with E-state index in [1.54, 1.807) is 44.2 Å². The molecule has 2 amide bonds. The second-order valence-electron chi connectivity index (χ2n) is 7.26. The van der Waals surface area contributed by atoms with E-state index >= 15 is 0 Å². The highest BCUT2D eigenvalue weighted by atomic mass is 127. The number of carbonyl (C=O) groups is 3. The molecule has 0 radical (unpaired) electrons. The molecule has 0 unspecified atom stereocenters. The van der Waals surface area contributed by atoms with Crippen LogP contribution in [0.15, 0.2) is 41.3 Å². The number of benzene rings is 2. The highest BCUT2D eigenvalue weighted by molar-refractivity contribution is 14.1. The lowest BCUT2D eigenvalue weighted by atomic mass is 10.1. The largest absolute Gasteiger partial charge is 0.493 e. The van der Waals surface area contributed by atoms with Gasteiger partial charge < -0.3 is 14.2 Å². The maximum Gasteiger partial charge on any atom is 0.326 e. The van der Waals surface area contributed by atoms with Crippen LogP contribution in [0.1, 0.15) is 25.0 Å². The summed E-state index contributed by atoms with van der Waals surface area (Å²) >= 11 is 2.82. The number of halogens is 2. The molecule has 0 atom stereocenters. The lowest BCUT2D eigenvalue weighted by Crippen LogP contribution is -2.35. The third-order valence-electron chi connectivity index (χ3n) is 4.35. The predicted octanol–water partition coefficient (Wildman–Crippen LogP) is 5.01. The zero-order valence-electron chi connectivity index (χ0n) is 18.1. The molecule has 1 aliphatic rings. The third-order valence-corrected chi connectivity index (χ3v) is 6.06. The summed E-state index contributed by atoms with van der Waals surface area (Å²) < 4.78 is 30.4. The lowest BCUT2D eigenvalue weighted by Gasteiger charge is -2.14. The van der Waals surface area contributed by atoms with Gasteiger partial charge in [0.05, 0.1) is 21.7 Å². The first-order valence-corrected chi connectivity index (χ1v) is 11.8. The fraction of sp³-hybridized carbons (Fsp3) is 0.261. The average Bonchev–Trinajstić information content (AvgIpc) is 2.99. The summed E-state index contributed by atoms with van der Waals surface area (Å²) in [5.41, 5.74) is 1.28.